The second-order valence-electron chi connectivity index (χ2n) is 7.59. The summed E-state index contributed by atoms with van der Waals surface area (Å²) in [6.07, 6.45) is 0. The van der Waals surface area contributed by atoms with Gasteiger partial charge in [0.1, 0.15) is 17.1 Å². The first-order chi connectivity index (χ1) is 18.8. The van der Waals surface area contributed by atoms with Crippen LogP contribution in [-0.2, 0) is 19.0 Å². The number of aromatic amines is 1. The van der Waals surface area contributed by atoms with Crippen molar-refractivity contribution in [3.05, 3.63) is 50.8 Å². The number of aromatic carboxylic acids is 2. The molecule has 0 aromatic carbocycles. The number of azide groups is 1. The molecule has 2 aromatic rings. The number of pyridine rings is 1. The molecule has 17 heteroatoms. The molecule has 1 amide bonds. The number of carboxylic acids is 2. The van der Waals surface area contributed by atoms with Crippen LogP contribution in [0.15, 0.2) is 17.2 Å². The molecule has 17 nitrogen and oxygen atoms in total. The third-order valence-corrected chi connectivity index (χ3v) is 5.08. The van der Waals surface area contributed by atoms with Crippen LogP contribution >= 0.6 is 0 Å². The minimum absolute atomic E-state index is 0.0682. The first-order valence-corrected chi connectivity index (χ1v) is 11.3. The van der Waals surface area contributed by atoms with Gasteiger partial charge in [-0.25, -0.2) is 20.1 Å². The van der Waals surface area contributed by atoms with Crippen molar-refractivity contribution in [2.45, 2.75) is 0 Å². The summed E-state index contributed by atoms with van der Waals surface area (Å²) in [4.78, 5) is 74.7. The zero-order chi connectivity index (χ0) is 28.4. The van der Waals surface area contributed by atoms with Crippen LogP contribution in [-0.4, -0.2) is 102 Å². The summed E-state index contributed by atoms with van der Waals surface area (Å²) in [6, 6.07) is 1.81. The Morgan fingerprint density at radius 3 is 2.21 bits per heavy atom. The number of aromatic nitrogens is 2. The number of ketones is 2. The normalized spacial score (nSPS) is 11.9. The standard InChI is InChI=1S/C22H22N6O11/c23-28-24-1-2-36-3-4-37-5-6-38-7-8-39-27-20(31)13-9-11(21(32)33)15-16-12(10-14(26-16)22(34)35)18(29)19(30)17(15)25-13/h9-10,26H,1-8H2,(H,27,31)(H,32,33)(H,34,35). The third kappa shape index (κ3) is 7.22. The van der Waals surface area contributed by atoms with Crippen LogP contribution in [0.25, 0.3) is 21.7 Å². The number of nitrogens with one attached hydrogen (secondary N) is 2. The monoisotopic (exact) mass is 546 g/mol. The molecule has 0 bridgehead atoms. The maximum absolute atomic E-state index is 12.6. The van der Waals surface area contributed by atoms with E-state index in [1.165, 1.54) is 0 Å². The molecule has 2 heterocycles. The Hall–Kier alpha value is -4.67. The van der Waals surface area contributed by atoms with Crippen LogP contribution in [0.3, 0.4) is 0 Å². The third-order valence-electron chi connectivity index (χ3n) is 5.08. The smallest absolute Gasteiger partial charge is 0.352 e. The van der Waals surface area contributed by atoms with Gasteiger partial charge in [-0.15, -0.1) is 0 Å². The highest BCUT2D eigenvalue weighted by molar-refractivity contribution is 6.52. The van der Waals surface area contributed by atoms with E-state index in [0.717, 1.165) is 12.1 Å². The summed E-state index contributed by atoms with van der Waals surface area (Å²) in [7, 11) is 0. The summed E-state index contributed by atoms with van der Waals surface area (Å²) >= 11 is 0. The molecule has 0 saturated heterocycles. The molecule has 206 valence electrons. The van der Waals surface area contributed by atoms with E-state index in [9.17, 15) is 34.2 Å². The van der Waals surface area contributed by atoms with Crippen molar-refractivity contribution in [2.24, 2.45) is 5.11 Å². The molecule has 0 aliphatic heterocycles. The molecule has 1 aliphatic carbocycles. The number of Topliss-reactive ketones (excluding diaryl/α,β-unsaturated/α-hetero) is 2. The number of carboxylic acid groups (broad SMARTS) is 2. The Balaban J connectivity index is 1.52. The van der Waals surface area contributed by atoms with Crippen LogP contribution in [0, 0.1) is 0 Å². The Labute approximate surface area is 218 Å². The fraction of sp³-hybridized carbons (Fsp3) is 0.364. The van der Waals surface area contributed by atoms with E-state index in [2.05, 4.69) is 20.0 Å². The van der Waals surface area contributed by atoms with Gasteiger partial charge in [-0.1, -0.05) is 5.11 Å². The van der Waals surface area contributed by atoms with Gasteiger partial charge in [0.15, 0.2) is 0 Å². The molecule has 0 fully saturated rings. The molecule has 4 N–H and O–H groups in total. The van der Waals surface area contributed by atoms with E-state index in [1.807, 2.05) is 5.48 Å². The van der Waals surface area contributed by atoms with Gasteiger partial charge in [0.25, 0.3) is 11.7 Å². The SMILES string of the molecule is [N-]=[N+]=NCCOCCOCCOCCONC(=O)c1cc(C(=O)O)c2c(n1)C(=O)C(=O)c1cc(C(=O)O)[nH]c1-2. The Morgan fingerprint density at radius 2 is 1.59 bits per heavy atom. The van der Waals surface area contributed by atoms with Gasteiger partial charge < -0.3 is 29.4 Å². The second-order valence-corrected chi connectivity index (χ2v) is 7.59. The van der Waals surface area contributed by atoms with E-state index < -0.39 is 52.1 Å². The van der Waals surface area contributed by atoms with Crippen molar-refractivity contribution >= 4 is 29.4 Å². The minimum atomic E-state index is -1.54. The summed E-state index contributed by atoms with van der Waals surface area (Å²) in [5.74, 6) is -6.25. The summed E-state index contributed by atoms with van der Waals surface area (Å²) in [5.41, 5.74) is 7.26. The van der Waals surface area contributed by atoms with Gasteiger partial charge in [0.05, 0.1) is 63.1 Å². The molecule has 3 rings (SSSR count). The van der Waals surface area contributed by atoms with E-state index in [-0.39, 0.29) is 49.8 Å². The van der Waals surface area contributed by atoms with Crippen molar-refractivity contribution in [2.75, 3.05) is 52.8 Å². The van der Waals surface area contributed by atoms with Crippen LogP contribution in [0.1, 0.15) is 52.2 Å². The molecule has 2 aromatic heterocycles. The van der Waals surface area contributed by atoms with Crippen LogP contribution < -0.4 is 5.48 Å². The number of hydroxylamine groups is 1. The summed E-state index contributed by atoms with van der Waals surface area (Å²) < 4.78 is 15.7. The van der Waals surface area contributed by atoms with Crippen molar-refractivity contribution in [1.82, 2.24) is 15.4 Å². The number of carbonyl (C=O) groups is 5. The van der Waals surface area contributed by atoms with Gasteiger partial charge in [0.2, 0.25) is 5.78 Å². The number of ether oxygens (including phenoxy) is 3. The fourth-order valence-corrected chi connectivity index (χ4v) is 3.38. The lowest BCUT2D eigenvalue weighted by atomic mass is 9.88. The zero-order valence-corrected chi connectivity index (χ0v) is 20.2. The van der Waals surface area contributed by atoms with Crippen molar-refractivity contribution in [3.63, 3.8) is 0 Å². The maximum atomic E-state index is 12.6. The quantitative estimate of drug-likeness (QED) is 0.0571. The Kier molecular flexibility index (Phi) is 10.2. The lowest BCUT2D eigenvalue weighted by Crippen LogP contribution is -2.30. The largest absolute Gasteiger partial charge is 0.478 e. The lowest BCUT2D eigenvalue weighted by molar-refractivity contribution is -0.0197. The minimum Gasteiger partial charge on any atom is -0.478 e. The maximum Gasteiger partial charge on any atom is 0.352 e. The van der Waals surface area contributed by atoms with E-state index in [0.29, 0.717) is 19.8 Å². The molecule has 0 unspecified atom stereocenters. The van der Waals surface area contributed by atoms with E-state index in [4.69, 9.17) is 24.6 Å². The molecule has 0 spiro atoms. The summed E-state index contributed by atoms with van der Waals surface area (Å²) in [6.45, 7) is 1.65. The number of amides is 1. The van der Waals surface area contributed by atoms with Crippen LogP contribution in [0.5, 0.6) is 0 Å². The fourth-order valence-electron chi connectivity index (χ4n) is 3.38. The zero-order valence-electron chi connectivity index (χ0n) is 20.2. The van der Waals surface area contributed by atoms with Crippen molar-refractivity contribution in [3.8, 4) is 11.3 Å². The van der Waals surface area contributed by atoms with E-state index >= 15 is 0 Å². The van der Waals surface area contributed by atoms with Gasteiger partial charge in [-0.05, 0) is 17.7 Å². The Bertz CT molecular complexity index is 1330. The number of carbonyl (C=O) groups excluding carboxylic acids is 3. The van der Waals surface area contributed by atoms with Crippen LogP contribution in [0.2, 0.25) is 0 Å². The average Bonchev–Trinajstić information content (AvgIpc) is 3.37. The van der Waals surface area contributed by atoms with Gasteiger partial charge in [0, 0.05) is 17.0 Å². The average molecular weight is 546 g/mol. The molecule has 0 radical (unpaired) electrons. The van der Waals surface area contributed by atoms with Gasteiger partial charge in [-0.3, -0.25) is 19.2 Å². The number of fused-ring (bicyclic) bond motifs is 3. The number of nitrogens with zero attached hydrogens (tertiary/aromatic N) is 4. The number of hydrogen-bond donors (Lipinski definition) is 4. The number of hydrogen-bond acceptors (Lipinski definition) is 11. The van der Waals surface area contributed by atoms with Crippen LogP contribution in [0.4, 0.5) is 0 Å². The Morgan fingerprint density at radius 1 is 0.949 bits per heavy atom. The first-order valence-electron chi connectivity index (χ1n) is 11.3. The molecule has 39 heavy (non-hydrogen) atoms. The predicted molar refractivity (Wildman–Crippen MR) is 126 cm³/mol. The second kappa shape index (κ2) is 13.8. The molecular weight excluding hydrogens is 524 g/mol. The highest BCUT2D eigenvalue weighted by Gasteiger charge is 2.38. The van der Waals surface area contributed by atoms with E-state index in [1.54, 1.807) is 0 Å². The number of H-pyrrole nitrogens is 1. The van der Waals surface area contributed by atoms with Gasteiger partial charge in [-0.2, -0.15) is 0 Å². The first kappa shape index (κ1) is 28.9. The summed E-state index contributed by atoms with van der Waals surface area (Å²) in [5, 5.41) is 22.2. The molecular formula is C22H22N6O11. The lowest BCUT2D eigenvalue weighted by Gasteiger charge is -2.17. The predicted octanol–water partition coefficient (Wildman–Crippen LogP) is 0.874. The van der Waals surface area contributed by atoms with Crippen molar-refractivity contribution < 1.29 is 53.2 Å². The van der Waals surface area contributed by atoms with Gasteiger partial charge >= 0.3 is 11.9 Å². The topological polar surface area (TPSA) is 252 Å². The molecule has 0 atom stereocenters. The highest BCUT2D eigenvalue weighted by Crippen LogP contribution is 2.35. The highest BCUT2D eigenvalue weighted by atomic mass is 16.7. The molecule has 0 saturated carbocycles. The number of rotatable bonds is 16. The molecule has 1 aliphatic rings. The van der Waals surface area contributed by atoms with Crippen molar-refractivity contribution in [1.29, 1.82) is 0 Å².